The fourth-order valence-electron chi connectivity index (χ4n) is 5.96. The van der Waals surface area contributed by atoms with Crippen molar-refractivity contribution in [2.75, 3.05) is 0 Å². The molecule has 0 aliphatic heterocycles. The first-order valence-corrected chi connectivity index (χ1v) is 17.1. The van der Waals surface area contributed by atoms with Crippen LogP contribution in [0, 0.1) is 5.66 Å². The van der Waals surface area contributed by atoms with Gasteiger partial charge in [-0.25, -0.2) is 0 Å². The van der Waals surface area contributed by atoms with Gasteiger partial charge in [0.2, 0.25) is 0 Å². The Balaban J connectivity index is 0.00000167. The average Bonchev–Trinajstić information content (AvgIpc) is 2.87. The first-order chi connectivity index (χ1) is 17.0. The van der Waals surface area contributed by atoms with Gasteiger partial charge in [-0.3, -0.25) is 0 Å². The van der Waals surface area contributed by atoms with Gasteiger partial charge in [0.15, 0.2) is 0 Å². The molecule has 1 aromatic rings. The summed E-state index contributed by atoms with van der Waals surface area (Å²) in [6.07, 6.45) is 22.7. The summed E-state index contributed by atoms with van der Waals surface area (Å²) < 4.78 is 12.8. The van der Waals surface area contributed by atoms with Gasteiger partial charge in [-0.2, -0.15) is 11.6 Å². The fraction of sp³-hybridized carbons (Fsp3) is 0.633. The standard InChI is InChI=1S/C30H44O2P.ClH.Pd/c1-22(2)31-27-19-13-20-28(32-23(3)4)30(27)26-18-11-12-21-29(26)33(24-14-7-5-8-15-24)25-16-9-6-10-17-25;;/h11-13,18-20,22-25H,5-10,14-17,21H2,1-4H3;1H;/q-1;;+2/p-1. The molecule has 5 heteroatoms. The van der Waals surface area contributed by atoms with Crippen LogP contribution in [-0.2, 0) is 18.2 Å². The van der Waals surface area contributed by atoms with Gasteiger partial charge < -0.3 is 9.47 Å². The molecule has 0 amide bonds. The zero-order valence-electron chi connectivity index (χ0n) is 22.0. The minimum absolute atomic E-state index is 0.138. The first kappa shape index (κ1) is 29.1. The Hall–Kier alpha value is -0.448. The predicted molar refractivity (Wildman–Crippen MR) is 149 cm³/mol. The molecule has 0 saturated heterocycles. The number of allylic oxidation sites excluding steroid dienone is 4. The number of hydrogen-bond donors (Lipinski definition) is 0. The topological polar surface area (TPSA) is 18.5 Å². The summed E-state index contributed by atoms with van der Waals surface area (Å²) in [6, 6.07) is 6.37. The minimum atomic E-state index is -0.158. The summed E-state index contributed by atoms with van der Waals surface area (Å²) in [4.78, 5) is 0. The average molecular weight is 610 g/mol. The van der Waals surface area contributed by atoms with Gasteiger partial charge in [0.25, 0.3) is 0 Å². The molecule has 0 aromatic heterocycles. The van der Waals surface area contributed by atoms with Gasteiger partial charge in [0.1, 0.15) is 0 Å². The molecule has 0 unspecified atom stereocenters. The van der Waals surface area contributed by atoms with E-state index in [9.17, 15) is 0 Å². The number of hydrogen-bond acceptors (Lipinski definition) is 2. The quantitative estimate of drug-likeness (QED) is 0.166. The normalized spacial score (nSPS) is 19.6. The van der Waals surface area contributed by atoms with Crippen LogP contribution in [0.5, 0.6) is 11.5 Å². The van der Waals surface area contributed by atoms with Crippen LogP contribution in [-0.4, -0.2) is 23.5 Å². The van der Waals surface area contributed by atoms with E-state index in [1.54, 1.807) is 5.66 Å². The molecule has 0 spiro atoms. The Morgan fingerprint density at radius 1 is 0.829 bits per heavy atom. The number of ether oxygens (including phenoxy) is 2. The van der Waals surface area contributed by atoms with Gasteiger partial charge in [-0.1, -0.05) is 51.0 Å². The first-order valence-electron chi connectivity index (χ1n) is 13.6. The van der Waals surface area contributed by atoms with Crippen LogP contribution < -0.4 is 9.47 Å². The molecule has 0 bridgehead atoms. The second kappa shape index (κ2) is 15.1. The summed E-state index contributed by atoms with van der Waals surface area (Å²) in [7, 11) is 4.33. The Bertz CT molecular complexity index is 779. The zero-order valence-corrected chi connectivity index (χ0v) is 25.2. The Morgan fingerprint density at radius 3 is 1.77 bits per heavy atom. The molecule has 2 nitrogen and oxygen atoms in total. The Kier molecular flexibility index (Phi) is 12.5. The van der Waals surface area contributed by atoms with E-state index in [0.29, 0.717) is 0 Å². The summed E-state index contributed by atoms with van der Waals surface area (Å²) in [5.74, 6) is 1.95. The molecule has 2 fully saturated rings. The van der Waals surface area contributed by atoms with Crippen molar-refractivity contribution >= 4 is 23.0 Å². The van der Waals surface area contributed by atoms with Crippen molar-refractivity contribution < 1.29 is 27.7 Å². The molecule has 35 heavy (non-hydrogen) atoms. The monoisotopic (exact) mass is 608 g/mol. The summed E-state index contributed by atoms with van der Waals surface area (Å²) in [5.41, 5.74) is 6.12. The molecule has 3 aliphatic carbocycles. The molecule has 3 aliphatic rings. The van der Waals surface area contributed by atoms with Gasteiger partial charge in [-0.05, 0) is 82.4 Å². The van der Waals surface area contributed by atoms with Gasteiger partial charge in [-0.15, -0.1) is 25.7 Å². The molecule has 0 N–H and O–H groups in total. The summed E-state index contributed by atoms with van der Waals surface area (Å²) in [6.45, 7) is 8.49. The second-order valence-electron chi connectivity index (χ2n) is 10.6. The number of halogens is 1. The fourth-order valence-corrected chi connectivity index (χ4v) is 10.1. The number of benzene rings is 1. The molecule has 0 atom stereocenters. The maximum absolute atomic E-state index is 6.39. The van der Waals surface area contributed by atoms with Crippen LogP contribution in [0.25, 0.3) is 5.57 Å². The summed E-state index contributed by atoms with van der Waals surface area (Å²) in [5, 5.41) is 0. The van der Waals surface area contributed by atoms with Crippen molar-refractivity contribution in [3.8, 4) is 11.5 Å². The van der Waals surface area contributed by atoms with Crippen LogP contribution in [0.4, 0.5) is 0 Å². The second-order valence-corrected chi connectivity index (χ2v) is 13.4. The van der Waals surface area contributed by atoms with Crippen molar-refractivity contribution in [1.82, 2.24) is 0 Å². The third-order valence-electron chi connectivity index (χ3n) is 7.25. The van der Waals surface area contributed by atoms with Crippen molar-refractivity contribution in [3.63, 3.8) is 0 Å². The van der Waals surface area contributed by atoms with Crippen molar-refractivity contribution in [3.05, 3.63) is 47.6 Å². The van der Waals surface area contributed by atoms with Crippen LogP contribution in [0.15, 0.2) is 36.4 Å². The van der Waals surface area contributed by atoms with E-state index in [2.05, 4.69) is 91.8 Å². The molecule has 0 heterocycles. The van der Waals surface area contributed by atoms with Gasteiger partial charge in [0, 0.05) is 0 Å². The SMILES string of the molecule is CC(C)Oc1cccc(OC(C)C)c1C1=CC=CC[C-]1P(C1CCCCC1)C1CCCCC1.[Cl][Pd+]. The van der Waals surface area contributed by atoms with Crippen LogP contribution in [0.2, 0.25) is 0 Å². The van der Waals surface area contributed by atoms with E-state index in [-0.39, 0.29) is 20.1 Å². The molecular formula is C30H44ClO2PPd. The van der Waals surface area contributed by atoms with Gasteiger partial charge in [0.05, 0.1) is 23.7 Å². The van der Waals surface area contributed by atoms with Crippen molar-refractivity contribution in [2.24, 2.45) is 0 Å². The van der Waals surface area contributed by atoms with Crippen molar-refractivity contribution in [1.29, 1.82) is 0 Å². The van der Waals surface area contributed by atoms with Crippen LogP contribution in [0.3, 0.4) is 0 Å². The van der Waals surface area contributed by atoms with Gasteiger partial charge >= 0.3 is 27.7 Å². The van der Waals surface area contributed by atoms with Crippen LogP contribution >= 0.6 is 17.5 Å². The van der Waals surface area contributed by atoms with E-state index >= 15 is 0 Å². The third kappa shape index (κ3) is 8.02. The number of rotatable bonds is 8. The predicted octanol–water partition coefficient (Wildman–Crippen LogP) is 9.97. The van der Waals surface area contributed by atoms with Crippen LogP contribution in [0.1, 0.15) is 104 Å². The molecular weight excluding hydrogens is 565 g/mol. The molecule has 1 aromatic carbocycles. The summed E-state index contributed by atoms with van der Waals surface area (Å²) >= 11 is 2.22. The van der Waals surface area contributed by atoms with Crippen molar-refractivity contribution in [2.45, 2.75) is 122 Å². The van der Waals surface area contributed by atoms with E-state index < -0.39 is 0 Å². The molecule has 2 saturated carbocycles. The molecule has 198 valence electrons. The van der Waals surface area contributed by atoms with E-state index in [1.165, 1.54) is 75.3 Å². The maximum atomic E-state index is 6.39. The molecule has 4 rings (SSSR count). The van der Waals surface area contributed by atoms with E-state index in [0.717, 1.165) is 29.2 Å². The Morgan fingerprint density at radius 2 is 1.31 bits per heavy atom. The third-order valence-corrected chi connectivity index (χ3v) is 10.9. The Labute approximate surface area is 230 Å². The van der Waals surface area contributed by atoms with E-state index in [1.807, 2.05) is 0 Å². The van der Waals surface area contributed by atoms with E-state index in [4.69, 9.17) is 9.47 Å². The zero-order chi connectivity index (χ0) is 25.2. The molecule has 0 radical (unpaired) electrons.